The monoisotopic (exact) mass is 607 g/mol. The SMILES string of the molecule is C=CCN(Cc1ccccc1)C(=O)[C@@H]1[C@H]2C(=O)N(CCO)C(C(=O)N(CC=C)c3ccc4ccccc4c3)C23CC(C)[C@@]1(C)O3. The van der Waals surface area contributed by atoms with Gasteiger partial charge >= 0.3 is 0 Å². The highest BCUT2D eigenvalue weighted by molar-refractivity contribution is 6.06. The van der Waals surface area contributed by atoms with Crippen molar-refractivity contribution in [2.24, 2.45) is 17.8 Å². The van der Waals surface area contributed by atoms with Crippen molar-refractivity contribution in [2.45, 2.75) is 44.1 Å². The van der Waals surface area contributed by atoms with Crippen molar-refractivity contribution < 1.29 is 24.2 Å². The van der Waals surface area contributed by atoms with Crippen LogP contribution in [0.25, 0.3) is 10.8 Å². The summed E-state index contributed by atoms with van der Waals surface area (Å²) >= 11 is 0. The molecule has 0 aliphatic carbocycles. The molecule has 1 N–H and O–H groups in total. The summed E-state index contributed by atoms with van der Waals surface area (Å²) in [4.78, 5) is 48.6. The van der Waals surface area contributed by atoms with E-state index < -0.39 is 29.1 Å². The summed E-state index contributed by atoms with van der Waals surface area (Å²) in [5.41, 5.74) is -0.535. The number of fused-ring (bicyclic) bond motifs is 2. The number of hydrogen-bond acceptors (Lipinski definition) is 5. The molecule has 0 aromatic heterocycles. The lowest BCUT2D eigenvalue weighted by Gasteiger charge is -2.39. The number of likely N-dealkylation sites (tertiary alicyclic amines) is 1. The summed E-state index contributed by atoms with van der Waals surface area (Å²) in [7, 11) is 0. The second kappa shape index (κ2) is 11.9. The Morgan fingerprint density at radius 1 is 1.00 bits per heavy atom. The molecule has 3 aliphatic rings. The Labute approximate surface area is 264 Å². The third-order valence-corrected chi connectivity index (χ3v) is 10.2. The van der Waals surface area contributed by atoms with Crippen LogP contribution in [0.2, 0.25) is 0 Å². The van der Waals surface area contributed by atoms with Crippen LogP contribution in [0.5, 0.6) is 0 Å². The zero-order chi connectivity index (χ0) is 31.9. The molecule has 3 fully saturated rings. The molecule has 234 valence electrons. The van der Waals surface area contributed by atoms with E-state index in [9.17, 15) is 19.5 Å². The number of rotatable bonds is 11. The van der Waals surface area contributed by atoms with E-state index in [1.54, 1.807) is 22.0 Å². The van der Waals surface area contributed by atoms with E-state index >= 15 is 0 Å². The van der Waals surface area contributed by atoms with Crippen molar-refractivity contribution in [1.82, 2.24) is 9.80 Å². The number of benzene rings is 3. The van der Waals surface area contributed by atoms with E-state index in [0.29, 0.717) is 25.2 Å². The fourth-order valence-corrected chi connectivity index (χ4v) is 8.08. The number of aliphatic hydroxyl groups is 1. The fraction of sp³-hybridized carbons (Fsp3) is 0.378. The molecular weight excluding hydrogens is 566 g/mol. The summed E-state index contributed by atoms with van der Waals surface area (Å²) in [6, 6.07) is 22.4. The molecular formula is C37H41N3O5. The van der Waals surface area contributed by atoms with Gasteiger partial charge < -0.3 is 24.5 Å². The molecule has 0 saturated carbocycles. The molecule has 8 heteroatoms. The van der Waals surface area contributed by atoms with Gasteiger partial charge in [0.05, 0.1) is 24.0 Å². The normalized spacial score (nSPS) is 28.2. The molecule has 3 aromatic carbocycles. The molecule has 3 unspecified atom stereocenters. The van der Waals surface area contributed by atoms with Crippen LogP contribution in [-0.4, -0.2) is 76.1 Å². The minimum atomic E-state index is -1.22. The molecule has 6 atom stereocenters. The molecule has 2 bridgehead atoms. The maximum atomic E-state index is 14.8. The van der Waals surface area contributed by atoms with Gasteiger partial charge in [0.1, 0.15) is 11.6 Å². The van der Waals surface area contributed by atoms with Gasteiger partial charge in [0.15, 0.2) is 0 Å². The highest BCUT2D eigenvalue weighted by Gasteiger charge is 2.80. The number of nitrogens with zero attached hydrogens (tertiary/aromatic N) is 3. The molecule has 8 nitrogen and oxygen atoms in total. The van der Waals surface area contributed by atoms with Crippen LogP contribution < -0.4 is 4.90 Å². The van der Waals surface area contributed by atoms with Gasteiger partial charge in [-0.2, -0.15) is 0 Å². The maximum absolute atomic E-state index is 14.8. The second-order valence-electron chi connectivity index (χ2n) is 12.7. The van der Waals surface area contributed by atoms with E-state index in [0.717, 1.165) is 16.3 Å². The summed E-state index contributed by atoms with van der Waals surface area (Å²) in [5, 5.41) is 12.1. The first-order valence-corrected chi connectivity index (χ1v) is 15.7. The number of ether oxygens (including phenoxy) is 1. The lowest BCUT2D eigenvalue weighted by molar-refractivity contribution is -0.152. The van der Waals surface area contributed by atoms with Gasteiger partial charge in [0, 0.05) is 31.9 Å². The van der Waals surface area contributed by atoms with Crippen molar-refractivity contribution in [3.63, 3.8) is 0 Å². The smallest absolute Gasteiger partial charge is 0.253 e. The van der Waals surface area contributed by atoms with Gasteiger partial charge in [0.25, 0.3) is 5.91 Å². The average Bonchev–Trinajstić information content (AvgIpc) is 3.55. The lowest BCUT2D eigenvalue weighted by atomic mass is 9.62. The number of carbonyl (C=O) groups is 3. The first-order chi connectivity index (χ1) is 21.7. The summed E-state index contributed by atoms with van der Waals surface area (Å²) in [6.45, 7) is 12.3. The van der Waals surface area contributed by atoms with Crippen molar-refractivity contribution in [1.29, 1.82) is 0 Å². The van der Waals surface area contributed by atoms with E-state index in [2.05, 4.69) is 13.2 Å². The zero-order valence-corrected chi connectivity index (χ0v) is 26.0. The number of β-amino-alcohol motifs (C(OH)–C–C–N with tert-alkyl or cyclic N) is 1. The van der Waals surface area contributed by atoms with Crippen LogP contribution in [0.1, 0.15) is 25.8 Å². The molecule has 45 heavy (non-hydrogen) atoms. The Hall–Kier alpha value is -4.27. The third kappa shape index (κ3) is 4.87. The number of anilines is 1. The van der Waals surface area contributed by atoms with Gasteiger partial charge in [-0.25, -0.2) is 0 Å². The van der Waals surface area contributed by atoms with E-state index in [1.165, 1.54) is 4.90 Å². The van der Waals surface area contributed by atoms with E-state index in [4.69, 9.17) is 4.74 Å². The van der Waals surface area contributed by atoms with Gasteiger partial charge in [-0.3, -0.25) is 14.4 Å². The summed E-state index contributed by atoms with van der Waals surface area (Å²) in [6.07, 6.45) is 3.80. The fourth-order valence-electron chi connectivity index (χ4n) is 8.08. The second-order valence-corrected chi connectivity index (χ2v) is 12.7. The molecule has 0 radical (unpaired) electrons. The quantitative estimate of drug-likeness (QED) is 0.323. The molecule has 3 aromatic rings. The van der Waals surface area contributed by atoms with Crippen LogP contribution in [0.4, 0.5) is 5.69 Å². The number of aliphatic hydroxyl groups excluding tert-OH is 1. The molecule has 1 spiro atoms. The first kappa shape index (κ1) is 30.7. The predicted octanol–water partition coefficient (Wildman–Crippen LogP) is 4.58. The number of hydrogen-bond donors (Lipinski definition) is 1. The Morgan fingerprint density at radius 2 is 1.69 bits per heavy atom. The van der Waals surface area contributed by atoms with Crippen molar-refractivity contribution in [2.75, 3.05) is 31.1 Å². The topological polar surface area (TPSA) is 90.4 Å². The van der Waals surface area contributed by atoms with E-state index in [-0.39, 0.29) is 43.3 Å². The van der Waals surface area contributed by atoms with Crippen molar-refractivity contribution >= 4 is 34.2 Å². The molecule has 3 saturated heterocycles. The Bertz CT molecular complexity index is 1640. The van der Waals surface area contributed by atoms with Gasteiger partial charge in [-0.05, 0) is 47.7 Å². The summed E-state index contributed by atoms with van der Waals surface area (Å²) < 4.78 is 6.92. The third-order valence-electron chi connectivity index (χ3n) is 10.2. The summed E-state index contributed by atoms with van der Waals surface area (Å²) in [5.74, 6) is -2.60. The van der Waals surface area contributed by atoms with E-state index in [1.807, 2.05) is 86.6 Å². The van der Waals surface area contributed by atoms with Crippen LogP contribution in [0.15, 0.2) is 98.1 Å². The van der Waals surface area contributed by atoms with Crippen LogP contribution in [0, 0.1) is 17.8 Å². The zero-order valence-electron chi connectivity index (χ0n) is 26.0. The molecule has 6 rings (SSSR count). The van der Waals surface area contributed by atoms with Crippen LogP contribution >= 0.6 is 0 Å². The number of carbonyl (C=O) groups excluding carboxylic acids is 3. The molecule has 3 aliphatic heterocycles. The minimum Gasteiger partial charge on any atom is -0.395 e. The first-order valence-electron chi connectivity index (χ1n) is 15.7. The number of amides is 3. The largest absolute Gasteiger partial charge is 0.395 e. The van der Waals surface area contributed by atoms with Crippen molar-refractivity contribution in [3.8, 4) is 0 Å². The highest BCUT2D eigenvalue weighted by atomic mass is 16.5. The lowest BCUT2D eigenvalue weighted by Crippen LogP contribution is -2.57. The highest BCUT2D eigenvalue weighted by Crippen LogP contribution is 2.65. The predicted molar refractivity (Wildman–Crippen MR) is 174 cm³/mol. The van der Waals surface area contributed by atoms with Gasteiger partial charge in [-0.15, -0.1) is 13.2 Å². The van der Waals surface area contributed by atoms with Crippen molar-refractivity contribution in [3.05, 3.63) is 104 Å². The standard InChI is InChI=1S/C37H41N3O5/c1-5-18-38(24-26-12-8-7-9-13-26)33(42)30-31-34(43)40(20-21-41)32(37(31)23-25(3)36(30,4)45-37)35(44)39(19-6-2)29-17-16-27-14-10-11-15-28(27)22-29/h5-17,22,25,30-32,41H,1-2,18-21,23-24H2,3-4H3/t25?,30-,31-,32?,36+,37?/m0/s1. The van der Waals surface area contributed by atoms with Gasteiger partial charge in [-0.1, -0.05) is 79.7 Å². The minimum absolute atomic E-state index is 0.0388. The van der Waals surface area contributed by atoms with Crippen LogP contribution in [-0.2, 0) is 25.7 Å². The molecule has 3 amide bonds. The average molecular weight is 608 g/mol. The molecule has 3 heterocycles. The maximum Gasteiger partial charge on any atom is 0.253 e. The Kier molecular flexibility index (Phi) is 8.14. The Balaban J connectivity index is 1.41. The Morgan fingerprint density at radius 3 is 2.38 bits per heavy atom. The van der Waals surface area contributed by atoms with Crippen LogP contribution in [0.3, 0.4) is 0 Å². The van der Waals surface area contributed by atoms with Gasteiger partial charge in [0.2, 0.25) is 11.8 Å².